The summed E-state index contributed by atoms with van der Waals surface area (Å²) in [6.07, 6.45) is -0.460. The lowest BCUT2D eigenvalue weighted by atomic mass is 9.92. The monoisotopic (exact) mass is 438 g/mol. The van der Waals surface area contributed by atoms with Crippen LogP contribution in [0.3, 0.4) is 0 Å². The Kier molecular flexibility index (Phi) is 4.24. The van der Waals surface area contributed by atoms with Gasteiger partial charge in [-0.05, 0) is 18.9 Å². The van der Waals surface area contributed by atoms with E-state index in [-0.39, 0.29) is 11.1 Å². The molecule has 2 aliphatic rings. The summed E-state index contributed by atoms with van der Waals surface area (Å²) < 4.78 is 44.3. The van der Waals surface area contributed by atoms with Crippen molar-refractivity contribution in [1.82, 2.24) is 24.4 Å². The summed E-state index contributed by atoms with van der Waals surface area (Å²) in [6.45, 7) is 0.446. The number of nitrogens with one attached hydrogen (secondary N) is 1. The quantitative estimate of drug-likeness (QED) is 0.609. The van der Waals surface area contributed by atoms with Gasteiger partial charge in [0.15, 0.2) is 11.3 Å². The molecule has 3 aromatic rings. The maximum Gasteiger partial charge on any atom is 0.390 e. The lowest BCUT2D eigenvalue weighted by molar-refractivity contribution is -0.132. The molecule has 1 spiro atoms. The van der Waals surface area contributed by atoms with E-state index in [4.69, 9.17) is 4.52 Å². The summed E-state index contributed by atoms with van der Waals surface area (Å²) in [7, 11) is 0. The second-order valence-electron chi connectivity index (χ2n) is 7.69. The first kappa shape index (κ1) is 19.2. The Bertz CT molecular complexity index is 1140. The number of carbonyl (C=O) groups is 1. The molecule has 1 fully saturated rings. The molecule has 1 saturated carbocycles. The number of anilines is 1. The van der Waals surface area contributed by atoms with Gasteiger partial charge in [0, 0.05) is 30.3 Å². The van der Waals surface area contributed by atoms with E-state index in [0.29, 0.717) is 35.9 Å². The van der Waals surface area contributed by atoms with Gasteiger partial charge in [-0.1, -0.05) is 18.0 Å². The molecule has 12 heteroatoms. The van der Waals surface area contributed by atoms with Gasteiger partial charge in [-0.15, -0.1) is 0 Å². The number of hydrogen-bond acceptors (Lipinski definition) is 7. The second kappa shape index (κ2) is 6.62. The van der Waals surface area contributed by atoms with Gasteiger partial charge >= 0.3 is 6.18 Å². The number of aromatic nitrogens is 4. The van der Waals surface area contributed by atoms with Crippen molar-refractivity contribution in [1.29, 1.82) is 0 Å². The zero-order chi connectivity index (χ0) is 21.1. The predicted octanol–water partition coefficient (Wildman–Crippen LogP) is 2.85. The second-order valence-corrected chi connectivity index (χ2v) is 8.12. The topological polar surface area (TPSA) is 89.1 Å². The van der Waals surface area contributed by atoms with Crippen LogP contribution in [0, 0.1) is 0 Å². The maximum atomic E-state index is 12.5. The molecular formula is C18H17F3N6O2S. The third kappa shape index (κ3) is 3.18. The molecule has 1 N–H and O–H groups in total. The van der Waals surface area contributed by atoms with Crippen LogP contribution >= 0.6 is 12.8 Å². The summed E-state index contributed by atoms with van der Waals surface area (Å²) in [5.41, 5.74) is 1.03. The Balaban J connectivity index is 1.45. The molecule has 0 aromatic carbocycles. The van der Waals surface area contributed by atoms with Gasteiger partial charge in [0.05, 0.1) is 18.4 Å². The summed E-state index contributed by atoms with van der Waals surface area (Å²) in [4.78, 5) is 23.2. The van der Waals surface area contributed by atoms with E-state index >= 15 is 0 Å². The number of amides is 1. The van der Waals surface area contributed by atoms with Crippen LogP contribution in [0.2, 0.25) is 0 Å². The molecule has 8 nitrogen and oxygen atoms in total. The van der Waals surface area contributed by atoms with Crippen molar-refractivity contribution in [3.63, 3.8) is 0 Å². The number of halogens is 3. The van der Waals surface area contributed by atoms with E-state index in [1.165, 1.54) is 6.33 Å². The molecule has 5 rings (SSSR count). The fourth-order valence-corrected chi connectivity index (χ4v) is 4.23. The van der Waals surface area contributed by atoms with Crippen LogP contribution in [0.4, 0.5) is 19.0 Å². The maximum absolute atomic E-state index is 12.5. The van der Waals surface area contributed by atoms with Crippen molar-refractivity contribution in [2.24, 2.45) is 0 Å². The normalized spacial score (nSPS) is 17.4. The van der Waals surface area contributed by atoms with Crippen LogP contribution in [0.5, 0.6) is 0 Å². The van der Waals surface area contributed by atoms with Gasteiger partial charge < -0.3 is 14.7 Å². The Morgan fingerprint density at radius 1 is 1.33 bits per heavy atom. The van der Waals surface area contributed by atoms with Crippen molar-refractivity contribution in [3.05, 3.63) is 35.6 Å². The van der Waals surface area contributed by atoms with E-state index in [1.807, 2.05) is 11.0 Å². The minimum Gasteiger partial charge on any atom is -0.360 e. The van der Waals surface area contributed by atoms with Crippen molar-refractivity contribution in [2.75, 3.05) is 18.0 Å². The van der Waals surface area contributed by atoms with Gasteiger partial charge in [-0.25, -0.2) is 9.97 Å². The van der Waals surface area contributed by atoms with E-state index in [1.54, 1.807) is 10.2 Å². The van der Waals surface area contributed by atoms with E-state index in [0.717, 1.165) is 18.2 Å². The first-order chi connectivity index (χ1) is 14.3. The van der Waals surface area contributed by atoms with Crippen LogP contribution in [-0.4, -0.2) is 44.3 Å². The Morgan fingerprint density at radius 2 is 2.13 bits per heavy atom. The number of rotatable bonds is 4. The van der Waals surface area contributed by atoms with Gasteiger partial charge in [0.2, 0.25) is 0 Å². The number of thiol groups is 1. The van der Waals surface area contributed by atoms with Crippen molar-refractivity contribution >= 4 is 35.6 Å². The van der Waals surface area contributed by atoms with Crippen molar-refractivity contribution in [2.45, 2.75) is 37.4 Å². The van der Waals surface area contributed by atoms with Crippen LogP contribution < -0.4 is 10.2 Å². The largest absolute Gasteiger partial charge is 0.390 e. The fourth-order valence-electron chi connectivity index (χ4n) is 4.00. The lowest BCUT2D eigenvalue weighted by Crippen LogP contribution is -2.39. The van der Waals surface area contributed by atoms with E-state index < -0.39 is 25.0 Å². The van der Waals surface area contributed by atoms with Crippen LogP contribution in [0.25, 0.3) is 11.0 Å². The zero-order valence-electron chi connectivity index (χ0n) is 15.6. The van der Waals surface area contributed by atoms with Gasteiger partial charge in [0.25, 0.3) is 5.91 Å². The highest BCUT2D eigenvalue weighted by Gasteiger charge is 2.54. The van der Waals surface area contributed by atoms with Crippen molar-refractivity contribution < 1.29 is 22.5 Å². The molecule has 0 atom stereocenters. The summed E-state index contributed by atoms with van der Waals surface area (Å²) in [5, 5.41) is 7.01. The zero-order valence-corrected chi connectivity index (χ0v) is 16.5. The number of fused-ring (bicyclic) bond motifs is 3. The minimum atomic E-state index is -4.34. The van der Waals surface area contributed by atoms with Gasteiger partial charge in [-0.2, -0.15) is 13.2 Å². The standard InChI is InChI=1S/C18H17F3N6O2S/c19-18(20,21)4-5-22-16(28)12-11-7-26(8-17(2-3-17)13(11)29-25-12)14-10-1-6-27(30)15(10)24-9-23-14/h1,6,9,30H,2-5,7-8H2,(H,22,28). The Hall–Kier alpha value is -2.76. The molecule has 0 unspecified atom stereocenters. The Morgan fingerprint density at radius 3 is 2.87 bits per heavy atom. The first-order valence-corrected chi connectivity index (χ1v) is 9.78. The number of alkyl halides is 3. The fraction of sp³-hybridized carbons (Fsp3) is 0.444. The van der Waals surface area contributed by atoms with E-state index in [2.05, 4.69) is 33.3 Å². The molecular weight excluding hydrogens is 421 g/mol. The smallest absolute Gasteiger partial charge is 0.360 e. The number of carbonyl (C=O) groups excluding carboxylic acids is 1. The molecule has 0 bridgehead atoms. The molecule has 4 heterocycles. The average molecular weight is 438 g/mol. The van der Waals surface area contributed by atoms with Gasteiger partial charge in [0.1, 0.15) is 17.9 Å². The molecule has 30 heavy (non-hydrogen) atoms. The molecule has 1 aliphatic heterocycles. The molecule has 158 valence electrons. The van der Waals surface area contributed by atoms with E-state index in [9.17, 15) is 18.0 Å². The SMILES string of the molecule is O=C(NCCC(F)(F)F)c1noc2c1CN(c1ncnc3c1ccn3S)CC21CC1. The molecule has 3 aromatic heterocycles. The summed E-state index contributed by atoms with van der Waals surface area (Å²) in [5.74, 6) is 0.683. The molecule has 0 radical (unpaired) electrons. The highest BCUT2D eigenvalue weighted by Crippen LogP contribution is 2.53. The highest BCUT2D eigenvalue weighted by atomic mass is 32.1. The number of nitrogens with zero attached hydrogens (tertiary/aromatic N) is 5. The predicted molar refractivity (Wildman–Crippen MR) is 103 cm³/mol. The Labute approximate surface area is 174 Å². The summed E-state index contributed by atoms with van der Waals surface area (Å²) >= 11 is 4.34. The lowest BCUT2D eigenvalue weighted by Gasteiger charge is -2.32. The van der Waals surface area contributed by atoms with Crippen LogP contribution in [-0.2, 0) is 12.0 Å². The third-order valence-electron chi connectivity index (χ3n) is 5.62. The third-order valence-corrected chi connectivity index (χ3v) is 5.94. The molecule has 0 saturated heterocycles. The first-order valence-electron chi connectivity index (χ1n) is 9.38. The van der Waals surface area contributed by atoms with Crippen LogP contribution in [0.1, 0.15) is 41.1 Å². The van der Waals surface area contributed by atoms with Gasteiger partial charge in [-0.3, -0.25) is 8.77 Å². The van der Waals surface area contributed by atoms with Crippen molar-refractivity contribution in [3.8, 4) is 0 Å². The van der Waals surface area contributed by atoms with Crippen LogP contribution in [0.15, 0.2) is 23.1 Å². The molecule has 1 amide bonds. The minimum absolute atomic E-state index is 0.0280. The number of hydrogen-bond donors (Lipinski definition) is 2. The average Bonchev–Trinajstić information content (AvgIpc) is 3.14. The highest BCUT2D eigenvalue weighted by molar-refractivity contribution is 7.78. The molecule has 1 aliphatic carbocycles. The summed E-state index contributed by atoms with van der Waals surface area (Å²) in [6, 6.07) is 1.87.